The van der Waals surface area contributed by atoms with E-state index in [1.165, 1.54) is 11.1 Å². The van der Waals surface area contributed by atoms with Crippen molar-refractivity contribution in [2.45, 2.75) is 40.2 Å². The van der Waals surface area contributed by atoms with Crippen LogP contribution in [0, 0.1) is 12.8 Å². The van der Waals surface area contributed by atoms with Crippen molar-refractivity contribution in [2.24, 2.45) is 5.92 Å². The Morgan fingerprint density at radius 1 is 1.29 bits per heavy atom. The first-order chi connectivity index (χ1) is 10.2. The van der Waals surface area contributed by atoms with Crippen molar-refractivity contribution in [1.82, 2.24) is 10.3 Å². The summed E-state index contributed by atoms with van der Waals surface area (Å²) in [4.78, 5) is 16.6. The first-order valence-electron chi connectivity index (χ1n) is 7.43. The Balaban J connectivity index is 2.01. The van der Waals surface area contributed by atoms with Crippen molar-refractivity contribution < 1.29 is 4.79 Å². The molecule has 0 aliphatic carbocycles. The minimum Gasteiger partial charge on any atom is -0.350 e. The molecule has 0 aliphatic heterocycles. The average molecular weight is 302 g/mol. The van der Waals surface area contributed by atoms with Crippen LogP contribution in [0.15, 0.2) is 29.6 Å². The van der Waals surface area contributed by atoms with Crippen LogP contribution >= 0.6 is 11.3 Å². The van der Waals surface area contributed by atoms with Gasteiger partial charge in [0.15, 0.2) is 0 Å². The zero-order valence-electron chi connectivity index (χ0n) is 12.8. The van der Waals surface area contributed by atoms with Gasteiger partial charge in [-0.1, -0.05) is 38.1 Å². The Morgan fingerprint density at radius 3 is 2.67 bits per heavy atom. The van der Waals surface area contributed by atoms with Crippen LogP contribution in [0.2, 0.25) is 0 Å². The first kappa shape index (κ1) is 15.7. The molecule has 21 heavy (non-hydrogen) atoms. The fraction of sp³-hybridized carbons (Fsp3) is 0.412. The number of hydrogen-bond acceptors (Lipinski definition) is 3. The third-order valence-electron chi connectivity index (χ3n) is 3.73. The molecule has 0 saturated heterocycles. The number of aryl methyl sites for hydroxylation is 1. The van der Waals surface area contributed by atoms with Gasteiger partial charge in [0, 0.05) is 16.9 Å². The second-order valence-electron chi connectivity index (χ2n) is 5.19. The molecule has 2 rings (SSSR count). The molecule has 1 amide bonds. The molecule has 0 bridgehead atoms. The molecule has 0 unspecified atom stereocenters. The van der Waals surface area contributed by atoms with Crippen LogP contribution < -0.4 is 5.32 Å². The average Bonchev–Trinajstić information content (AvgIpc) is 2.95. The lowest BCUT2D eigenvalue weighted by atomic mass is 10.0. The number of carbonyl (C=O) groups excluding carboxylic acids is 1. The highest BCUT2D eigenvalue weighted by molar-refractivity contribution is 7.13. The van der Waals surface area contributed by atoms with Crippen molar-refractivity contribution >= 4 is 17.2 Å². The van der Waals surface area contributed by atoms with Crippen molar-refractivity contribution in [1.29, 1.82) is 0 Å². The largest absolute Gasteiger partial charge is 0.350 e. The van der Waals surface area contributed by atoms with E-state index in [1.54, 1.807) is 11.3 Å². The van der Waals surface area contributed by atoms with Crippen molar-refractivity contribution in [3.8, 4) is 10.6 Å². The van der Waals surface area contributed by atoms with Crippen LogP contribution in [-0.2, 0) is 11.3 Å². The molecule has 112 valence electrons. The maximum atomic E-state index is 12.0. The van der Waals surface area contributed by atoms with Crippen molar-refractivity contribution in [2.75, 3.05) is 0 Å². The van der Waals surface area contributed by atoms with Crippen LogP contribution in [0.4, 0.5) is 0 Å². The van der Waals surface area contributed by atoms with Gasteiger partial charge in [0.2, 0.25) is 5.91 Å². The Morgan fingerprint density at radius 2 is 2.00 bits per heavy atom. The smallest absolute Gasteiger partial charge is 0.223 e. The van der Waals surface area contributed by atoms with Gasteiger partial charge >= 0.3 is 0 Å². The van der Waals surface area contributed by atoms with Crippen molar-refractivity contribution in [3.05, 3.63) is 40.9 Å². The number of hydrogen-bond donors (Lipinski definition) is 1. The third kappa shape index (κ3) is 3.91. The lowest BCUT2D eigenvalue weighted by molar-refractivity contribution is -0.125. The van der Waals surface area contributed by atoms with Gasteiger partial charge in [-0.2, -0.15) is 0 Å². The molecule has 1 N–H and O–H groups in total. The lowest BCUT2D eigenvalue weighted by Gasteiger charge is -2.11. The molecule has 0 spiro atoms. The zero-order chi connectivity index (χ0) is 15.2. The summed E-state index contributed by atoms with van der Waals surface area (Å²) in [5, 5.41) is 6.02. The second-order valence-corrected chi connectivity index (χ2v) is 6.05. The molecule has 0 atom stereocenters. The minimum absolute atomic E-state index is 0.111. The SMILES string of the molecule is CCC(CC)C(=O)NCc1csc(-c2ccccc2C)n1. The minimum atomic E-state index is 0.111. The van der Waals surface area contributed by atoms with E-state index in [2.05, 4.69) is 29.4 Å². The number of carbonyl (C=O) groups is 1. The van der Waals surface area contributed by atoms with E-state index in [4.69, 9.17) is 0 Å². The highest BCUT2D eigenvalue weighted by Crippen LogP contribution is 2.26. The van der Waals surface area contributed by atoms with E-state index in [0.29, 0.717) is 6.54 Å². The van der Waals surface area contributed by atoms with E-state index in [9.17, 15) is 4.79 Å². The van der Waals surface area contributed by atoms with Gasteiger partial charge in [-0.15, -0.1) is 11.3 Å². The predicted molar refractivity (Wildman–Crippen MR) is 88.2 cm³/mol. The summed E-state index contributed by atoms with van der Waals surface area (Å²) in [6, 6.07) is 8.23. The molecule has 2 aromatic rings. The van der Waals surface area contributed by atoms with Gasteiger partial charge in [0.05, 0.1) is 12.2 Å². The molecule has 0 fully saturated rings. The fourth-order valence-corrected chi connectivity index (χ4v) is 3.22. The second kappa shape index (κ2) is 7.36. The van der Waals surface area contributed by atoms with Gasteiger partial charge < -0.3 is 5.32 Å². The topological polar surface area (TPSA) is 42.0 Å². The number of amides is 1. The van der Waals surface area contributed by atoms with E-state index in [-0.39, 0.29) is 11.8 Å². The van der Waals surface area contributed by atoms with Gasteiger partial charge in [-0.3, -0.25) is 4.79 Å². The van der Waals surface area contributed by atoms with Crippen molar-refractivity contribution in [3.63, 3.8) is 0 Å². The summed E-state index contributed by atoms with van der Waals surface area (Å²) in [7, 11) is 0. The maximum absolute atomic E-state index is 12.0. The summed E-state index contributed by atoms with van der Waals surface area (Å²) in [5.74, 6) is 0.241. The maximum Gasteiger partial charge on any atom is 0.223 e. The summed E-state index contributed by atoms with van der Waals surface area (Å²) < 4.78 is 0. The van der Waals surface area contributed by atoms with Gasteiger partial charge in [-0.25, -0.2) is 4.98 Å². The Labute approximate surface area is 130 Å². The Hall–Kier alpha value is -1.68. The number of rotatable bonds is 6. The summed E-state index contributed by atoms with van der Waals surface area (Å²) in [6.45, 7) is 6.70. The molecule has 1 aromatic carbocycles. The number of benzene rings is 1. The quantitative estimate of drug-likeness (QED) is 0.870. The van der Waals surface area contributed by atoms with Gasteiger partial charge in [0.25, 0.3) is 0 Å². The molecule has 1 aromatic heterocycles. The zero-order valence-corrected chi connectivity index (χ0v) is 13.7. The van der Waals surface area contributed by atoms with Crippen LogP contribution in [0.1, 0.15) is 37.9 Å². The number of thiazole rings is 1. The lowest BCUT2D eigenvalue weighted by Crippen LogP contribution is -2.29. The Kier molecular flexibility index (Phi) is 5.51. The summed E-state index contributed by atoms with van der Waals surface area (Å²) >= 11 is 1.63. The van der Waals surface area contributed by atoms with Gasteiger partial charge in [0.1, 0.15) is 5.01 Å². The van der Waals surface area contributed by atoms with Crippen LogP contribution in [0.25, 0.3) is 10.6 Å². The molecule has 3 nitrogen and oxygen atoms in total. The molecule has 0 radical (unpaired) electrons. The third-order valence-corrected chi connectivity index (χ3v) is 4.65. The molecule has 4 heteroatoms. The Bertz CT molecular complexity index is 602. The molecule has 0 saturated carbocycles. The highest BCUT2D eigenvalue weighted by atomic mass is 32.1. The number of nitrogens with zero attached hydrogens (tertiary/aromatic N) is 1. The van der Waals surface area contributed by atoms with Gasteiger partial charge in [-0.05, 0) is 25.3 Å². The predicted octanol–water partition coefficient (Wildman–Crippen LogP) is 4.17. The van der Waals surface area contributed by atoms with Crippen LogP contribution in [0.3, 0.4) is 0 Å². The van der Waals surface area contributed by atoms with E-state index >= 15 is 0 Å². The normalized spacial score (nSPS) is 10.9. The van der Waals surface area contributed by atoms with E-state index in [0.717, 1.165) is 23.5 Å². The standard InChI is InChI=1S/C17H22N2OS/c1-4-13(5-2)16(20)18-10-14-11-21-17(19-14)15-9-7-6-8-12(15)3/h6-9,11,13H,4-5,10H2,1-3H3,(H,18,20). The van der Waals surface area contributed by atoms with E-state index in [1.807, 2.05) is 31.4 Å². The summed E-state index contributed by atoms with van der Waals surface area (Å²) in [5.41, 5.74) is 3.32. The number of nitrogens with one attached hydrogen (secondary N) is 1. The molecule has 1 heterocycles. The van der Waals surface area contributed by atoms with E-state index < -0.39 is 0 Å². The van der Waals surface area contributed by atoms with Crippen LogP contribution in [0.5, 0.6) is 0 Å². The molecule has 0 aliphatic rings. The monoisotopic (exact) mass is 302 g/mol. The molecular weight excluding hydrogens is 280 g/mol. The fourth-order valence-electron chi connectivity index (χ4n) is 2.31. The first-order valence-corrected chi connectivity index (χ1v) is 8.31. The summed E-state index contributed by atoms with van der Waals surface area (Å²) in [6.07, 6.45) is 1.77. The molecular formula is C17H22N2OS. The number of aromatic nitrogens is 1. The highest BCUT2D eigenvalue weighted by Gasteiger charge is 2.14. The van der Waals surface area contributed by atoms with Crippen LogP contribution in [-0.4, -0.2) is 10.9 Å².